The summed E-state index contributed by atoms with van der Waals surface area (Å²) in [6.07, 6.45) is 6.19. The molecule has 0 fully saturated rings. The van der Waals surface area contributed by atoms with Crippen LogP contribution in [0.25, 0.3) is 0 Å². The smallest absolute Gasteiger partial charge is 0.286 e. The highest BCUT2D eigenvalue weighted by Crippen LogP contribution is 1.91. The lowest BCUT2D eigenvalue weighted by Gasteiger charge is -2.02. The molecule has 0 aromatic carbocycles. The Morgan fingerprint density at radius 3 is 2.83 bits per heavy atom. The molecule has 2 aromatic rings. The number of hydrogen-bond acceptors (Lipinski definition) is 6. The van der Waals surface area contributed by atoms with Crippen LogP contribution in [-0.4, -0.2) is 44.2 Å². The predicted octanol–water partition coefficient (Wildman–Crippen LogP) is -3.70. The molecule has 2 aromatic heterocycles. The first kappa shape index (κ1) is 19.5. The van der Waals surface area contributed by atoms with Crippen LogP contribution in [0, 0.1) is 0 Å². The summed E-state index contributed by atoms with van der Waals surface area (Å²) in [5.74, 6) is 0. The molecule has 1 atom stereocenters. The molecule has 130 valence electrons. The highest BCUT2D eigenvalue weighted by Gasteiger charge is 2.12. The Morgan fingerprint density at radius 1 is 1.29 bits per heavy atom. The average Bonchev–Trinajstić information content (AvgIpc) is 2.99. The number of azo groups is 1. The van der Waals surface area contributed by atoms with Gasteiger partial charge in [0.2, 0.25) is 6.23 Å². The summed E-state index contributed by atoms with van der Waals surface area (Å²) in [6.45, 7) is 0.437. The second kappa shape index (κ2) is 10.3. The minimum absolute atomic E-state index is 0. The van der Waals surface area contributed by atoms with Crippen LogP contribution in [-0.2, 0) is 6.54 Å². The van der Waals surface area contributed by atoms with E-state index < -0.39 is 6.23 Å². The van der Waals surface area contributed by atoms with E-state index in [-0.39, 0.29) is 25.6 Å². The summed E-state index contributed by atoms with van der Waals surface area (Å²) >= 11 is 0. The highest BCUT2D eigenvalue weighted by atomic mass is 35.5. The van der Waals surface area contributed by atoms with Gasteiger partial charge in [-0.1, -0.05) is 10.8 Å². The number of imidazole rings is 1. The molecule has 0 bridgehead atoms. The zero-order chi connectivity index (χ0) is 16.5. The third-order valence-electron chi connectivity index (χ3n) is 2.83. The first-order valence-corrected chi connectivity index (χ1v) is 6.85. The van der Waals surface area contributed by atoms with Crippen molar-refractivity contribution in [3.63, 3.8) is 0 Å². The van der Waals surface area contributed by atoms with E-state index >= 15 is 0 Å². The van der Waals surface area contributed by atoms with Gasteiger partial charge in [0.1, 0.15) is 12.7 Å². The van der Waals surface area contributed by atoms with Crippen LogP contribution in [0.4, 0.5) is 0 Å². The van der Waals surface area contributed by atoms with Crippen molar-refractivity contribution in [2.45, 2.75) is 12.8 Å². The predicted molar refractivity (Wildman–Crippen MR) is 78.4 cm³/mol. The Kier molecular flexibility index (Phi) is 8.33. The number of nitrogens with zero attached hydrogens (tertiary/aromatic N) is 7. The molecular formula is C13H18ClN7O3. The van der Waals surface area contributed by atoms with Crippen molar-refractivity contribution in [1.29, 1.82) is 0 Å². The Hall–Kier alpha value is -2.56. The van der Waals surface area contributed by atoms with E-state index in [1.54, 1.807) is 16.8 Å². The Labute approximate surface area is 143 Å². The van der Waals surface area contributed by atoms with Gasteiger partial charge in [-0.2, -0.15) is 5.11 Å². The molecule has 0 saturated carbocycles. The highest BCUT2D eigenvalue weighted by molar-refractivity contribution is 5.53. The van der Waals surface area contributed by atoms with E-state index in [4.69, 9.17) is 10.3 Å². The van der Waals surface area contributed by atoms with Gasteiger partial charge in [0, 0.05) is 12.7 Å². The Morgan fingerprint density at radius 2 is 2.12 bits per heavy atom. The summed E-state index contributed by atoms with van der Waals surface area (Å²) in [5.41, 5.74) is 0.577. The van der Waals surface area contributed by atoms with E-state index in [1.807, 2.05) is 12.1 Å². The lowest BCUT2D eigenvalue weighted by Crippen LogP contribution is -3.00. The second-order valence-corrected chi connectivity index (χ2v) is 4.47. The summed E-state index contributed by atoms with van der Waals surface area (Å²) in [4.78, 5) is 0. The fraction of sp³-hybridized carbons (Fsp3) is 0.308. The number of aliphatic hydroxyl groups is 2. The topological polar surface area (TPSA) is 124 Å². The molecule has 2 rings (SSSR count). The molecule has 0 spiro atoms. The minimum atomic E-state index is -0.932. The zero-order valence-corrected chi connectivity index (χ0v) is 13.4. The summed E-state index contributed by atoms with van der Waals surface area (Å²) < 4.78 is 3.94. The molecule has 24 heavy (non-hydrogen) atoms. The van der Waals surface area contributed by atoms with Gasteiger partial charge in [0.25, 0.3) is 6.33 Å². The van der Waals surface area contributed by atoms with Gasteiger partial charge >= 0.3 is 0 Å². The lowest BCUT2D eigenvalue weighted by molar-refractivity contribution is -0.757. The van der Waals surface area contributed by atoms with E-state index in [1.165, 1.54) is 23.3 Å². The maximum absolute atomic E-state index is 9.75. The van der Waals surface area contributed by atoms with Crippen molar-refractivity contribution in [3.8, 4) is 0 Å². The largest absolute Gasteiger partial charge is 1.00 e. The van der Waals surface area contributed by atoms with E-state index in [0.717, 1.165) is 11.1 Å². The maximum Gasteiger partial charge on any atom is 0.286 e. The van der Waals surface area contributed by atoms with Crippen molar-refractivity contribution in [2.24, 2.45) is 20.4 Å². The van der Waals surface area contributed by atoms with Crippen molar-refractivity contribution >= 4 is 6.34 Å². The molecular weight excluding hydrogens is 338 g/mol. The van der Waals surface area contributed by atoms with Crippen LogP contribution in [0.3, 0.4) is 0 Å². The third-order valence-corrected chi connectivity index (χ3v) is 2.83. The number of halogens is 1. The maximum atomic E-state index is 9.75. The van der Waals surface area contributed by atoms with Crippen LogP contribution < -0.4 is 22.5 Å². The van der Waals surface area contributed by atoms with Gasteiger partial charge < -0.3 is 32.4 Å². The number of aromatic nitrogens is 3. The van der Waals surface area contributed by atoms with Crippen molar-refractivity contribution in [2.75, 3.05) is 13.2 Å². The van der Waals surface area contributed by atoms with Crippen molar-refractivity contribution in [1.82, 2.24) is 9.30 Å². The van der Waals surface area contributed by atoms with Gasteiger partial charge in [-0.05, 0) is 12.1 Å². The zero-order valence-electron chi connectivity index (χ0n) is 12.7. The van der Waals surface area contributed by atoms with Gasteiger partial charge in [-0.25, -0.2) is 4.57 Å². The van der Waals surface area contributed by atoms with Crippen molar-refractivity contribution in [3.05, 3.63) is 48.6 Å². The molecule has 10 nitrogen and oxygen atoms in total. The van der Waals surface area contributed by atoms with Crippen LogP contribution in [0.2, 0.25) is 0 Å². The van der Waals surface area contributed by atoms with Gasteiger partial charge in [-0.15, -0.1) is 15.3 Å². The van der Waals surface area contributed by atoms with E-state index in [0.29, 0.717) is 12.0 Å². The minimum Gasteiger partial charge on any atom is -1.00 e. The standard InChI is InChI=1S/C13H18N7O3.ClH/c21-8-7-18-4-2-1-3-12(18)17-16-10-15-14-9-13(22)19-5-6-20(23)11-19;/h1-6,10-11,13,21-23H,7-9H2;1H/q+1;/p-1. The van der Waals surface area contributed by atoms with Crippen molar-refractivity contribution < 1.29 is 32.4 Å². The normalized spacial score (nSPS) is 13.5. The Bertz CT molecular complexity index is 741. The molecule has 0 amide bonds. The monoisotopic (exact) mass is 355 g/mol. The number of hydrogen-bond donors (Lipinski definition) is 3. The molecule has 0 saturated heterocycles. The number of aliphatic hydroxyl groups excluding tert-OH is 2. The van der Waals surface area contributed by atoms with Gasteiger partial charge in [-0.3, -0.25) is 0 Å². The summed E-state index contributed by atoms with van der Waals surface area (Å²) in [6, 6.07) is 5.39. The molecule has 0 aliphatic rings. The first-order valence-electron chi connectivity index (χ1n) is 6.85. The van der Waals surface area contributed by atoms with Crippen LogP contribution >= 0.6 is 0 Å². The molecule has 11 heteroatoms. The van der Waals surface area contributed by atoms with Crippen LogP contribution in [0.5, 0.6) is 0 Å². The number of rotatable bonds is 7. The molecule has 1 unspecified atom stereocenters. The summed E-state index contributed by atoms with van der Waals surface area (Å²) in [7, 11) is 0. The fourth-order valence-corrected chi connectivity index (χ4v) is 1.75. The van der Waals surface area contributed by atoms with Gasteiger partial charge in [0.15, 0.2) is 18.0 Å². The van der Waals surface area contributed by atoms with E-state index in [2.05, 4.69) is 20.4 Å². The molecule has 0 aliphatic carbocycles. The second-order valence-electron chi connectivity index (χ2n) is 4.47. The lowest BCUT2D eigenvalue weighted by atomic mass is 10.4. The molecule has 3 N–H and O–H groups in total. The third kappa shape index (κ3) is 5.91. The number of pyridine rings is 1. The van der Waals surface area contributed by atoms with Gasteiger partial charge in [0.05, 0.1) is 6.61 Å². The van der Waals surface area contributed by atoms with E-state index in [9.17, 15) is 5.11 Å². The first-order chi connectivity index (χ1) is 11.2. The fourth-order valence-electron chi connectivity index (χ4n) is 1.75. The molecule has 2 heterocycles. The Balaban J connectivity index is 0.00000288. The average molecular weight is 356 g/mol. The molecule has 0 radical (unpaired) electrons. The molecule has 0 aliphatic heterocycles. The SMILES string of the molecule is OCCn1ccccc1=NN=CN=NCC(O)[n+]1ccn(O)c1.[Cl-]. The van der Waals surface area contributed by atoms with Crippen LogP contribution in [0.15, 0.2) is 63.5 Å². The van der Waals surface area contributed by atoms with Crippen LogP contribution in [0.1, 0.15) is 6.23 Å². The summed E-state index contributed by atoms with van der Waals surface area (Å²) in [5, 5.41) is 43.0. The quantitative estimate of drug-likeness (QED) is 0.118.